The second kappa shape index (κ2) is 9.01. The third-order valence-electron chi connectivity index (χ3n) is 3.45. The third kappa shape index (κ3) is 6.36. The van der Waals surface area contributed by atoms with Crippen LogP contribution in [0.4, 0.5) is 4.79 Å². The molecule has 1 amide bonds. The quantitative estimate of drug-likeness (QED) is 0.549. The van der Waals surface area contributed by atoms with Crippen molar-refractivity contribution in [2.24, 2.45) is 11.8 Å². The predicted octanol–water partition coefficient (Wildman–Crippen LogP) is 2.42. The molecule has 1 aliphatic rings. The molecule has 0 saturated heterocycles. The number of hydrogen-bond acceptors (Lipinski definition) is 5. The normalized spacial score (nSPS) is 24.9. The van der Waals surface area contributed by atoms with E-state index in [4.69, 9.17) is 44.3 Å². The number of hydrogen-bond donors (Lipinski definition) is 2. The number of alkyl halides is 3. The summed E-state index contributed by atoms with van der Waals surface area (Å²) >= 11 is 16.5. The molecule has 0 aromatic heterocycles. The molecule has 0 heterocycles. The maximum atomic E-state index is 11.9. The SMILES string of the molecule is CCCOC(=O)C1CCC(NC(=O)OCC(Cl)(Cl)Cl)C1CO. The summed E-state index contributed by atoms with van der Waals surface area (Å²) in [6.45, 7) is 1.62. The summed E-state index contributed by atoms with van der Waals surface area (Å²) in [5, 5.41) is 12.1. The van der Waals surface area contributed by atoms with Crippen LogP contribution in [0.1, 0.15) is 26.2 Å². The molecular formula is C13H20Cl3NO5. The van der Waals surface area contributed by atoms with Crippen LogP contribution in [0.25, 0.3) is 0 Å². The molecule has 22 heavy (non-hydrogen) atoms. The van der Waals surface area contributed by atoms with Crippen molar-refractivity contribution in [3.8, 4) is 0 Å². The lowest BCUT2D eigenvalue weighted by molar-refractivity contribution is -0.150. The van der Waals surface area contributed by atoms with E-state index in [-0.39, 0.29) is 25.2 Å². The van der Waals surface area contributed by atoms with E-state index in [9.17, 15) is 14.7 Å². The van der Waals surface area contributed by atoms with Crippen LogP contribution >= 0.6 is 34.8 Å². The maximum absolute atomic E-state index is 11.9. The molecule has 0 aliphatic heterocycles. The van der Waals surface area contributed by atoms with Gasteiger partial charge in [0.2, 0.25) is 3.79 Å². The van der Waals surface area contributed by atoms with Crippen LogP contribution in [0.15, 0.2) is 0 Å². The Morgan fingerprint density at radius 3 is 2.50 bits per heavy atom. The molecule has 0 radical (unpaired) electrons. The average molecular weight is 377 g/mol. The first-order valence-electron chi connectivity index (χ1n) is 7.06. The first-order chi connectivity index (χ1) is 10.3. The number of carbonyl (C=O) groups is 2. The van der Waals surface area contributed by atoms with Gasteiger partial charge in [-0.1, -0.05) is 41.7 Å². The number of carbonyl (C=O) groups excluding carboxylic acids is 2. The van der Waals surface area contributed by atoms with Gasteiger partial charge in [-0.3, -0.25) is 4.79 Å². The molecule has 3 atom stereocenters. The third-order valence-corrected chi connectivity index (χ3v) is 3.78. The Labute approximate surface area is 144 Å². The summed E-state index contributed by atoms with van der Waals surface area (Å²) in [5.41, 5.74) is 0. The molecule has 128 valence electrons. The van der Waals surface area contributed by atoms with Crippen molar-refractivity contribution in [3.05, 3.63) is 0 Å². The van der Waals surface area contributed by atoms with E-state index in [1.807, 2.05) is 6.92 Å². The highest BCUT2D eigenvalue weighted by Crippen LogP contribution is 2.33. The van der Waals surface area contributed by atoms with Crippen molar-refractivity contribution in [2.45, 2.75) is 36.0 Å². The highest BCUT2D eigenvalue weighted by molar-refractivity contribution is 6.67. The number of aliphatic hydroxyl groups excluding tert-OH is 1. The fraction of sp³-hybridized carbons (Fsp3) is 0.846. The number of esters is 1. The molecule has 1 fully saturated rings. The number of alkyl carbamates (subject to hydrolysis) is 1. The van der Waals surface area contributed by atoms with E-state index in [1.54, 1.807) is 0 Å². The molecule has 0 aromatic carbocycles. The fourth-order valence-electron chi connectivity index (χ4n) is 2.44. The van der Waals surface area contributed by atoms with Gasteiger partial charge in [0.15, 0.2) is 0 Å². The fourth-order valence-corrected chi connectivity index (χ4v) is 2.61. The summed E-state index contributed by atoms with van der Waals surface area (Å²) in [7, 11) is 0. The Morgan fingerprint density at radius 2 is 1.95 bits per heavy atom. The zero-order valence-electron chi connectivity index (χ0n) is 12.2. The Hall–Kier alpha value is -0.430. The first kappa shape index (κ1) is 19.6. The molecule has 0 aromatic rings. The van der Waals surface area contributed by atoms with E-state index in [1.165, 1.54) is 0 Å². The molecule has 9 heteroatoms. The topological polar surface area (TPSA) is 84.9 Å². The Morgan fingerprint density at radius 1 is 1.27 bits per heavy atom. The number of amides is 1. The molecule has 1 aliphatic carbocycles. The minimum atomic E-state index is -1.68. The van der Waals surface area contributed by atoms with Crippen LogP contribution < -0.4 is 5.32 Å². The van der Waals surface area contributed by atoms with Gasteiger partial charge in [-0.2, -0.15) is 0 Å². The zero-order valence-corrected chi connectivity index (χ0v) is 14.5. The van der Waals surface area contributed by atoms with Crippen LogP contribution in [-0.2, 0) is 14.3 Å². The predicted molar refractivity (Wildman–Crippen MR) is 83.1 cm³/mol. The van der Waals surface area contributed by atoms with Crippen LogP contribution in [0, 0.1) is 11.8 Å². The van der Waals surface area contributed by atoms with Gasteiger partial charge in [0.1, 0.15) is 6.61 Å². The van der Waals surface area contributed by atoms with E-state index < -0.39 is 21.7 Å². The summed E-state index contributed by atoms with van der Waals surface area (Å²) in [5.74, 6) is -1.19. The number of halogens is 3. The molecule has 2 N–H and O–H groups in total. The summed E-state index contributed by atoms with van der Waals surface area (Å²) in [4.78, 5) is 23.6. The maximum Gasteiger partial charge on any atom is 0.407 e. The largest absolute Gasteiger partial charge is 0.465 e. The number of aliphatic hydroxyl groups is 1. The van der Waals surface area contributed by atoms with Gasteiger partial charge in [0.05, 0.1) is 12.5 Å². The second-order valence-electron chi connectivity index (χ2n) is 5.14. The molecule has 1 saturated carbocycles. The number of ether oxygens (including phenoxy) is 2. The number of rotatable bonds is 6. The lowest BCUT2D eigenvalue weighted by Crippen LogP contribution is -2.42. The van der Waals surface area contributed by atoms with Crippen molar-refractivity contribution in [2.75, 3.05) is 19.8 Å². The highest BCUT2D eigenvalue weighted by Gasteiger charge is 2.41. The smallest absolute Gasteiger partial charge is 0.407 e. The van der Waals surface area contributed by atoms with Gasteiger partial charge in [-0.05, 0) is 19.3 Å². The van der Waals surface area contributed by atoms with Crippen LogP contribution in [0.2, 0.25) is 0 Å². The molecule has 0 bridgehead atoms. The molecule has 0 spiro atoms. The van der Waals surface area contributed by atoms with Crippen molar-refractivity contribution in [1.29, 1.82) is 0 Å². The first-order valence-corrected chi connectivity index (χ1v) is 8.19. The highest BCUT2D eigenvalue weighted by atomic mass is 35.6. The van der Waals surface area contributed by atoms with Crippen LogP contribution in [-0.4, -0.2) is 46.8 Å². The Balaban J connectivity index is 2.51. The summed E-state index contributed by atoms with van der Waals surface area (Å²) in [6, 6.07) is -0.382. The Bertz CT molecular complexity index is 388. The van der Waals surface area contributed by atoms with Crippen molar-refractivity contribution in [3.63, 3.8) is 0 Å². The van der Waals surface area contributed by atoms with Gasteiger partial charge in [0, 0.05) is 18.6 Å². The molecule has 3 unspecified atom stereocenters. The van der Waals surface area contributed by atoms with Gasteiger partial charge in [0.25, 0.3) is 0 Å². The van der Waals surface area contributed by atoms with E-state index >= 15 is 0 Å². The standard InChI is InChI=1S/C13H20Cl3NO5/c1-2-5-21-11(19)8-3-4-10(9(8)6-18)17-12(20)22-7-13(14,15)16/h8-10,18H,2-7H2,1H3,(H,17,20). The van der Waals surface area contributed by atoms with E-state index in [2.05, 4.69) is 5.32 Å². The van der Waals surface area contributed by atoms with Gasteiger partial charge < -0.3 is 19.9 Å². The monoisotopic (exact) mass is 375 g/mol. The second-order valence-corrected chi connectivity index (χ2v) is 7.66. The van der Waals surface area contributed by atoms with Gasteiger partial charge in [-0.25, -0.2) is 4.79 Å². The summed E-state index contributed by atoms with van der Waals surface area (Å²) in [6.07, 6.45) is 1.05. The zero-order chi connectivity index (χ0) is 16.8. The lowest BCUT2D eigenvalue weighted by Gasteiger charge is -2.23. The molecule has 1 rings (SSSR count). The van der Waals surface area contributed by atoms with Crippen LogP contribution in [0.5, 0.6) is 0 Å². The van der Waals surface area contributed by atoms with E-state index in [0.717, 1.165) is 6.42 Å². The van der Waals surface area contributed by atoms with Gasteiger partial charge in [-0.15, -0.1) is 0 Å². The summed E-state index contributed by atoms with van der Waals surface area (Å²) < 4.78 is 8.20. The lowest BCUT2D eigenvalue weighted by atomic mass is 9.94. The molecular weight excluding hydrogens is 357 g/mol. The minimum Gasteiger partial charge on any atom is -0.465 e. The molecule has 6 nitrogen and oxygen atoms in total. The van der Waals surface area contributed by atoms with Gasteiger partial charge >= 0.3 is 12.1 Å². The Kier molecular flexibility index (Phi) is 8.03. The minimum absolute atomic E-state index is 0.235. The van der Waals surface area contributed by atoms with E-state index in [0.29, 0.717) is 19.4 Å². The number of nitrogens with one attached hydrogen (secondary N) is 1. The van der Waals surface area contributed by atoms with Crippen molar-refractivity contribution in [1.82, 2.24) is 5.32 Å². The van der Waals surface area contributed by atoms with Crippen molar-refractivity contribution >= 4 is 46.9 Å². The van der Waals surface area contributed by atoms with Crippen molar-refractivity contribution < 1.29 is 24.2 Å². The van der Waals surface area contributed by atoms with Crippen LogP contribution in [0.3, 0.4) is 0 Å². The average Bonchev–Trinajstić information content (AvgIpc) is 2.84.